The predicted molar refractivity (Wildman–Crippen MR) is 132 cm³/mol. The molecule has 0 bridgehead atoms. The molecular formula is C26H33ClN2O5. The third-order valence-corrected chi connectivity index (χ3v) is 6.02. The summed E-state index contributed by atoms with van der Waals surface area (Å²) < 4.78 is 5.43. The van der Waals surface area contributed by atoms with Crippen molar-refractivity contribution in [3.05, 3.63) is 71.8 Å². The average Bonchev–Trinajstić information content (AvgIpc) is 3.02. The van der Waals surface area contributed by atoms with Gasteiger partial charge in [0.2, 0.25) is 5.91 Å². The number of esters is 1. The summed E-state index contributed by atoms with van der Waals surface area (Å²) in [6.45, 7) is 2.26. The fourth-order valence-corrected chi connectivity index (χ4v) is 4.06. The Hall–Kier alpha value is -2.90. The number of carbonyl (C=O) groups excluding carboxylic acids is 2. The van der Waals surface area contributed by atoms with Crippen LogP contribution in [0.3, 0.4) is 0 Å². The summed E-state index contributed by atoms with van der Waals surface area (Å²) in [5.41, 5.74) is 1.93. The Morgan fingerprint density at radius 1 is 1.06 bits per heavy atom. The van der Waals surface area contributed by atoms with Gasteiger partial charge in [0.15, 0.2) is 0 Å². The molecule has 0 spiro atoms. The first kappa shape index (κ1) is 27.3. The van der Waals surface area contributed by atoms with Crippen molar-refractivity contribution in [1.29, 1.82) is 0 Å². The van der Waals surface area contributed by atoms with Crippen molar-refractivity contribution in [1.82, 2.24) is 10.2 Å². The molecule has 3 atom stereocenters. The maximum atomic E-state index is 13.3. The van der Waals surface area contributed by atoms with E-state index in [1.807, 2.05) is 60.7 Å². The molecule has 8 heteroatoms. The van der Waals surface area contributed by atoms with E-state index in [4.69, 9.17) is 4.74 Å². The van der Waals surface area contributed by atoms with Crippen LogP contribution in [-0.2, 0) is 32.1 Å². The first-order valence-corrected chi connectivity index (χ1v) is 11.5. The van der Waals surface area contributed by atoms with Crippen molar-refractivity contribution < 1.29 is 24.2 Å². The van der Waals surface area contributed by atoms with Gasteiger partial charge in [-0.2, -0.15) is 0 Å². The summed E-state index contributed by atoms with van der Waals surface area (Å²) in [4.78, 5) is 39.3. The number of carboxylic acid groups (broad SMARTS) is 1. The zero-order chi connectivity index (χ0) is 23.6. The molecule has 2 aromatic carbocycles. The van der Waals surface area contributed by atoms with Gasteiger partial charge in [-0.3, -0.25) is 14.9 Å². The summed E-state index contributed by atoms with van der Waals surface area (Å²) in [6, 6.07) is 16.8. The number of nitrogens with one attached hydrogen (secondary N) is 1. The van der Waals surface area contributed by atoms with Gasteiger partial charge in [-0.1, -0.05) is 60.7 Å². The SMILES string of the molecule is CC(C(=O)OCc1ccccc1)N1CCCCC(N[C@@H](CCc2ccccc2)C(=O)O)C1=O.Cl. The second-order valence-corrected chi connectivity index (χ2v) is 8.43. The molecule has 1 heterocycles. The van der Waals surface area contributed by atoms with Crippen molar-refractivity contribution in [3.8, 4) is 0 Å². The fraction of sp³-hybridized carbons (Fsp3) is 0.423. The molecule has 184 valence electrons. The lowest BCUT2D eigenvalue weighted by Crippen LogP contribution is -2.54. The van der Waals surface area contributed by atoms with Gasteiger partial charge < -0.3 is 14.7 Å². The third kappa shape index (κ3) is 7.85. The zero-order valence-corrected chi connectivity index (χ0v) is 20.2. The number of halogens is 1. The minimum atomic E-state index is -0.982. The summed E-state index contributed by atoms with van der Waals surface area (Å²) in [7, 11) is 0. The Labute approximate surface area is 206 Å². The van der Waals surface area contributed by atoms with Crippen LogP contribution in [0, 0.1) is 0 Å². The number of benzene rings is 2. The Morgan fingerprint density at radius 2 is 1.68 bits per heavy atom. The monoisotopic (exact) mass is 488 g/mol. The molecule has 34 heavy (non-hydrogen) atoms. The van der Waals surface area contributed by atoms with E-state index in [1.54, 1.807) is 6.92 Å². The maximum Gasteiger partial charge on any atom is 0.328 e. The Kier molecular flexibility index (Phi) is 11.0. The molecule has 0 radical (unpaired) electrons. The van der Waals surface area contributed by atoms with E-state index in [0.717, 1.165) is 24.0 Å². The highest BCUT2D eigenvalue weighted by Gasteiger charge is 2.35. The largest absolute Gasteiger partial charge is 0.480 e. The molecule has 2 N–H and O–H groups in total. The van der Waals surface area contributed by atoms with Gasteiger partial charge in [-0.05, 0) is 50.2 Å². The minimum Gasteiger partial charge on any atom is -0.480 e. The van der Waals surface area contributed by atoms with Crippen LogP contribution < -0.4 is 5.32 Å². The van der Waals surface area contributed by atoms with E-state index >= 15 is 0 Å². The Bertz CT molecular complexity index is 925. The van der Waals surface area contributed by atoms with Gasteiger partial charge in [0.05, 0.1) is 6.04 Å². The molecule has 1 amide bonds. The molecule has 1 saturated heterocycles. The molecule has 2 unspecified atom stereocenters. The number of nitrogens with zero attached hydrogens (tertiary/aromatic N) is 1. The normalized spacial score (nSPS) is 17.7. The summed E-state index contributed by atoms with van der Waals surface area (Å²) >= 11 is 0. The molecule has 2 aromatic rings. The molecule has 3 rings (SSSR count). The van der Waals surface area contributed by atoms with Gasteiger partial charge in [0, 0.05) is 6.54 Å². The summed E-state index contributed by atoms with van der Waals surface area (Å²) in [6.07, 6.45) is 3.03. The third-order valence-electron chi connectivity index (χ3n) is 6.02. The van der Waals surface area contributed by atoms with E-state index in [1.165, 1.54) is 4.90 Å². The summed E-state index contributed by atoms with van der Waals surface area (Å²) in [5.74, 6) is -1.70. The lowest BCUT2D eigenvalue weighted by Gasteiger charge is -2.30. The molecule has 0 saturated carbocycles. The Balaban J connectivity index is 0.00000408. The fourth-order valence-electron chi connectivity index (χ4n) is 4.06. The Morgan fingerprint density at radius 3 is 2.29 bits per heavy atom. The number of carbonyl (C=O) groups is 3. The zero-order valence-electron chi connectivity index (χ0n) is 19.4. The minimum absolute atomic E-state index is 0. The van der Waals surface area contributed by atoms with E-state index in [2.05, 4.69) is 5.32 Å². The van der Waals surface area contributed by atoms with Crippen LogP contribution in [0.25, 0.3) is 0 Å². The first-order chi connectivity index (χ1) is 16.0. The van der Waals surface area contributed by atoms with Gasteiger partial charge in [0.25, 0.3) is 0 Å². The van der Waals surface area contributed by atoms with Gasteiger partial charge in [-0.15, -0.1) is 12.4 Å². The highest BCUT2D eigenvalue weighted by Crippen LogP contribution is 2.18. The van der Waals surface area contributed by atoms with Crippen LogP contribution in [-0.4, -0.2) is 52.5 Å². The van der Waals surface area contributed by atoms with E-state index in [9.17, 15) is 19.5 Å². The lowest BCUT2D eigenvalue weighted by atomic mass is 10.0. The van der Waals surface area contributed by atoms with Crippen molar-refractivity contribution in [2.75, 3.05) is 6.54 Å². The van der Waals surface area contributed by atoms with Crippen LogP contribution in [0.4, 0.5) is 0 Å². The van der Waals surface area contributed by atoms with Crippen LogP contribution >= 0.6 is 12.4 Å². The lowest BCUT2D eigenvalue weighted by molar-refractivity contribution is -0.156. The maximum absolute atomic E-state index is 13.3. The predicted octanol–water partition coefficient (Wildman–Crippen LogP) is 3.60. The number of likely N-dealkylation sites (tertiary alicyclic amines) is 1. The van der Waals surface area contributed by atoms with Crippen molar-refractivity contribution >= 4 is 30.3 Å². The van der Waals surface area contributed by atoms with Crippen molar-refractivity contribution in [3.63, 3.8) is 0 Å². The molecule has 1 aliphatic heterocycles. The number of carboxylic acids is 1. The molecule has 0 aliphatic carbocycles. The van der Waals surface area contributed by atoms with Crippen LogP contribution in [0.1, 0.15) is 43.7 Å². The number of hydrogen-bond acceptors (Lipinski definition) is 5. The number of ether oxygens (including phenoxy) is 1. The van der Waals surface area contributed by atoms with Gasteiger partial charge >= 0.3 is 11.9 Å². The molecular weight excluding hydrogens is 456 g/mol. The molecule has 1 aliphatic rings. The van der Waals surface area contributed by atoms with E-state index in [-0.39, 0.29) is 24.9 Å². The quantitative estimate of drug-likeness (QED) is 0.496. The number of hydrogen-bond donors (Lipinski definition) is 2. The molecule has 0 aromatic heterocycles. The second-order valence-electron chi connectivity index (χ2n) is 8.43. The van der Waals surface area contributed by atoms with E-state index < -0.39 is 30.1 Å². The smallest absolute Gasteiger partial charge is 0.328 e. The van der Waals surface area contributed by atoms with Gasteiger partial charge in [-0.25, -0.2) is 4.79 Å². The van der Waals surface area contributed by atoms with Crippen LogP contribution in [0.5, 0.6) is 0 Å². The average molecular weight is 489 g/mol. The number of aryl methyl sites for hydroxylation is 1. The molecule has 1 fully saturated rings. The highest BCUT2D eigenvalue weighted by molar-refractivity contribution is 5.88. The topological polar surface area (TPSA) is 95.9 Å². The number of aliphatic carboxylic acids is 1. The van der Waals surface area contributed by atoms with Crippen LogP contribution in [0.2, 0.25) is 0 Å². The standard InChI is InChI=1S/C26H32N2O5.ClH/c1-19(26(32)33-18-21-12-6-3-7-13-21)28-17-9-8-14-22(24(28)29)27-23(25(30)31)16-15-20-10-4-2-5-11-20;/h2-7,10-13,19,22-23,27H,8-9,14-18H2,1H3,(H,30,31);1H/t19?,22?,23-;/m0./s1. The van der Waals surface area contributed by atoms with Crippen molar-refractivity contribution in [2.24, 2.45) is 0 Å². The van der Waals surface area contributed by atoms with Gasteiger partial charge in [0.1, 0.15) is 18.7 Å². The second kappa shape index (κ2) is 13.7. The van der Waals surface area contributed by atoms with Crippen LogP contribution in [0.15, 0.2) is 60.7 Å². The van der Waals surface area contributed by atoms with Crippen molar-refractivity contribution in [2.45, 2.75) is 63.8 Å². The van der Waals surface area contributed by atoms with E-state index in [0.29, 0.717) is 25.8 Å². The first-order valence-electron chi connectivity index (χ1n) is 11.5. The number of rotatable bonds is 10. The highest BCUT2D eigenvalue weighted by atomic mass is 35.5. The molecule has 7 nitrogen and oxygen atoms in total. The summed E-state index contributed by atoms with van der Waals surface area (Å²) in [5, 5.41) is 12.8. The number of amides is 1.